The van der Waals surface area contributed by atoms with Crippen LogP contribution >= 0.6 is 0 Å². The summed E-state index contributed by atoms with van der Waals surface area (Å²) in [6.45, 7) is 11.6. The maximum Gasteiger partial charge on any atom is 0.280 e. The lowest BCUT2D eigenvalue weighted by atomic mass is 9.84. The molecule has 2 atom stereocenters. The molecule has 0 saturated carbocycles. The number of benzene rings is 1. The minimum atomic E-state index is -2.64. The molecule has 0 amide bonds. The zero-order valence-corrected chi connectivity index (χ0v) is 15.5. The molecule has 0 radical (unpaired) electrons. The van der Waals surface area contributed by atoms with Crippen LogP contribution < -0.4 is 0 Å². The Hall–Kier alpha value is -2.92. The highest BCUT2D eigenvalue weighted by Gasteiger charge is 2.31. The maximum absolute atomic E-state index is 13.3. The van der Waals surface area contributed by atoms with Crippen molar-refractivity contribution in [2.75, 3.05) is 13.1 Å². The molecule has 3 heterocycles. The zero-order valence-electron chi connectivity index (χ0n) is 15.5. The number of likely N-dealkylation sites (tertiary alicyclic amines) is 1. The molecule has 2 aromatic heterocycles. The third-order valence-corrected chi connectivity index (χ3v) is 5.42. The van der Waals surface area contributed by atoms with Crippen molar-refractivity contribution in [3.8, 4) is 0 Å². The predicted molar refractivity (Wildman–Crippen MR) is 100 cm³/mol. The zero-order chi connectivity index (χ0) is 19.7. The Bertz CT molecular complexity index is 1010. The van der Waals surface area contributed by atoms with Crippen molar-refractivity contribution in [2.24, 2.45) is 5.92 Å². The highest BCUT2D eigenvalue weighted by Crippen LogP contribution is 2.34. The minimum Gasteiger partial charge on any atom is -0.298 e. The summed E-state index contributed by atoms with van der Waals surface area (Å²) < 4.78 is 28.2. The topological polar surface area (TPSA) is 50.7 Å². The summed E-state index contributed by atoms with van der Waals surface area (Å²) in [7, 11) is 0. The molecule has 3 aromatic rings. The van der Waals surface area contributed by atoms with Gasteiger partial charge in [0.05, 0.1) is 12.3 Å². The second kappa shape index (κ2) is 7.60. The Kier molecular flexibility index (Phi) is 5.01. The molecule has 1 fully saturated rings. The van der Waals surface area contributed by atoms with E-state index >= 15 is 0 Å². The van der Waals surface area contributed by atoms with Crippen LogP contribution in [0.1, 0.15) is 42.6 Å². The number of alkyl halides is 2. The second-order valence-corrected chi connectivity index (χ2v) is 7.26. The number of halogens is 2. The highest BCUT2D eigenvalue weighted by atomic mass is 19.3. The van der Waals surface area contributed by atoms with Gasteiger partial charge in [0.1, 0.15) is 12.0 Å². The van der Waals surface area contributed by atoms with Gasteiger partial charge in [-0.15, -0.1) is 0 Å². The van der Waals surface area contributed by atoms with Crippen molar-refractivity contribution in [3.05, 3.63) is 65.0 Å². The number of rotatable bonds is 4. The molecule has 0 spiro atoms. The van der Waals surface area contributed by atoms with E-state index in [0.717, 1.165) is 37.3 Å². The average molecular weight is 382 g/mol. The number of hydrogen-bond acceptors (Lipinski definition) is 4. The van der Waals surface area contributed by atoms with E-state index in [1.165, 1.54) is 12.4 Å². The molecule has 0 N–H and O–H groups in total. The van der Waals surface area contributed by atoms with E-state index in [2.05, 4.69) is 31.7 Å². The van der Waals surface area contributed by atoms with Gasteiger partial charge >= 0.3 is 0 Å². The van der Waals surface area contributed by atoms with Gasteiger partial charge in [0.15, 0.2) is 5.69 Å². The Morgan fingerprint density at radius 2 is 2.07 bits per heavy atom. The summed E-state index contributed by atoms with van der Waals surface area (Å²) in [6, 6.07) is 9.06. The van der Waals surface area contributed by atoms with Gasteiger partial charge in [-0.3, -0.25) is 4.90 Å². The molecule has 1 aromatic carbocycles. The highest BCUT2D eigenvalue weighted by molar-refractivity contribution is 5.45. The van der Waals surface area contributed by atoms with E-state index in [1.54, 1.807) is 4.52 Å². The smallest absolute Gasteiger partial charge is 0.280 e. The second-order valence-electron chi connectivity index (χ2n) is 7.26. The number of nitrogens with zero attached hydrogens (tertiary/aromatic N) is 6. The lowest BCUT2D eigenvalue weighted by Crippen LogP contribution is -2.38. The van der Waals surface area contributed by atoms with Crippen LogP contribution in [0.2, 0.25) is 0 Å². The fourth-order valence-electron chi connectivity index (χ4n) is 3.83. The van der Waals surface area contributed by atoms with E-state index in [1.807, 2.05) is 24.3 Å². The first-order valence-corrected chi connectivity index (χ1v) is 9.22. The molecule has 144 valence electrons. The van der Waals surface area contributed by atoms with E-state index in [9.17, 15) is 8.78 Å². The van der Waals surface area contributed by atoms with Crippen molar-refractivity contribution >= 4 is 11.5 Å². The van der Waals surface area contributed by atoms with E-state index in [4.69, 9.17) is 6.57 Å². The molecule has 6 nitrogen and oxygen atoms in total. The summed E-state index contributed by atoms with van der Waals surface area (Å²) in [5.41, 5.74) is 2.24. The van der Waals surface area contributed by atoms with Gasteiger partial charge in [0.2, 0.25) is 0 Å². The summed E-state index contributed by atoms with van der Waals surface area (Å²) in [5.74, 6) is 0.605. The Labute approximate surface area is 161 Å². The van der Waals surface area contributed by atoms with Crippen LogP contribution in [0.15, 0.2) is 36.7 Å². The van der Waals surface area contributed by atoms with Gasteiger partial charge in [0.25, 0.3) is 12.2 Å². The third-order valence-electron chi connectivity index (χ3n) is 5.42. The summed E-state index contributed by atoms with van der Waals surface area (Å²) >= 11 is 0. The van der Waals surface area contributed by atoms with Gasteiger partial charge in [0, 0.05) is 19.0 Å². The van der Waals surface area contributed by atoms with Crippen molar-refractivity contribution in [2.45, 2.75) is 32.2 Å². The van der Waals surface area contributed by atoms with Crippen molar-refractivity contribution in [1.82, 2.24) is 24.5 Å². The SMILES string of the molecule is [C-]#[N+]c1ccc(CN2CC[C@@H](C)[C@H](c3cc(C(F)F)nc4ncnn34)C2)cc1. The molecule has 28 heavy (non-hydrogen) atoms. The van der Waals surface area contributed by atoms with Crippen LogP contribution in [0.5, 0.6) is 0 Å². The summed E-state index contributed by atoms with van der Waals surface area (Å²) in [4.78, 5) is 13.7. The molecule has 1 aliphatic heterocycles. The minimum absolute atomic E-state index is 0.0564. The van der Waals surface area contributed by atoms with Gasteiger partial charge in [-0.2, -0.15) is 10.1 Å². The number of piperidine rings is 1. The standard InChI is InChI=1S/C20H20F2N6/c1-13-7-8-27(10-14-3-5-15(23-2)6-4-14)11-16(13)18-9-17(19(21)22)26-20-24-12-25-28(18)20/h3-6,9,12-13,16,19H,7-8,10-11H2,1H3/t13-,16-/m1/s1. The molecule has 1 saturated heterocycles. The fourth-order valence-corrected chi connectivity index (χ4v) is 3.83. The van der Waals surface area contributed by atoms with Crippen molar-refractivity contribution in [3.63, 3.8) is 0 Å². The molecule has 0 bridgehead atoms. The first kappa shape index (κ1) is 18.4. The van der Waals surface area contributed by atoms with E-state index in [-0.39, 0.29) is 17.4 Å². The molecule has 8 heteroatoms. The van der Waals surface area contributed by atoms with Crippen LogP contribution in [-0.2, 0) is 6.54 Å². The predicted octanol–water partition coefficient (Wildman–Crippen LogP) is 4.24. The molecule has 0 unspecified atom stereocenters. The molecule has 0 aliphatic carbocycles. The lowest BCUT2D eigenvalue weighted by molar-refractivity contribution is 0.143. The molecular formula is C20H20F2N6. The Morgan fingerprint density at radius 1 is 1.29 bits per heavy atom. The van der Waals surface area contributed by atoms with Crippen LogP contribution in [0.4, 0.5) is 14.5 Å². The Balaban J connectivity index is 1.61. The number of hydrogen-bond donors (Lipinski definition) is 0. The van der Waals surface area contributed by atoms with E-state index < -0.39 is 6.43 Å². The Morgan fingerprint density at radius 3 is 2.79 bits per heavy atom. The lowest BCUT2D eigenvalue weighted by Gasteiger charge is -2.37. The third kappa shape index (κ3) is 3.58. The maximum atomic E-state index is 13.3. The first-order chi connectivity index (χ1) is 13.5. The van der Waals surface area contributed by atoms with Gasteiger partial charge < -0.3 is 0 Å². The van der Waals surface area contributed by atoms with Gasteiger partial charge in [-0.05, 0) is 30.5 Å². The molecule has 4 rings (SSSR count). The number of fused-ring (bicyclic) bond motifs is 1. The quantitative estimate of drug-likeness (QED) is 0.634. The van der Waals surface area contributed by atoms with Crippen molar-refractivity contribution in [1.29, 1.82) is 0 Å². The van der Waals surface area contributed by atoms with Gasteiger partial charge in [-0.1, -0.05) is 31.2 Å². The van der Waals surface area contributed by atoms with Crippen molar-refractivity contribution < 1.29 is 8.78 Å². The average Bonchev–Trinajstić information content (AvgIpc) is 3.18. The van der Waals surface area contributed by atoms with Crippen LogP contribution in [-0.4, -0.2) is 37.6 Å². The molecule has 1 aliphatic rings. The van der Waals surface area contributed by atoms with Crippen LogP contribution in [0.25, 0.3) is 10.6 Å². The largest absolute Gasteiger partial charge is 0.298 e. The fraction of sp³-hybridized carbons (Fsp3) is 0.400. The first-order valence-electron chi connectivity index (χ1n) is 9.22. The van der Waals surface area contributed by atoms with Gasteiger partial charge in [-0.25, -0.2) is 23.1 Å². The monoisotopic (exact) mass is 382 g/mol. The van der Waals surface area contributed by atoms with Crippen LogP contribution in [0, 0.1) is 12.5 Å². The summed E-state index contributed by atoms with van der Waals surface area (Å²) in [5, 5.41) is 4.21. The van der Waals surface area contributed by atoms with Crippen LogP contribution in [0.3, 0.4) is 0 Å². The number of aromatic nitrogens is 4. The summed E-state index contributed by atoms with van der Waals surface area (Å²) in [6.07, 6.45) is -0.324. The van der Waals surface area contributed by atoms with E-state index in [0.29, 0.717) is 11.6 Å². The molecular weight excluding hydrogens is 362 g/mol. The normalized spacial score (nSPS) is 20.5.